The first kappa shape index (κ1) is 21.1. The van der Waals surface area contributed by atoms with Gasteiger partial charge in [-0.15, -0.1) is 0 Å². The fourth-order valence-corrected chi connectivity index (χ4v) is 1.74. The number of esters is 1. The summed E-state index contributed by atoms with van der Waals surface area (Å²) in [4.78, 5) is 46.7. The van der Waals surface area contributed by atoms with Crippen molar-refractivity contribution in [3.05, 3.63) is 0 Å². The third-order valence-electron chi connectivity index (χ3n) is 2.87. The van der Waals surface area contributed by atoms with Crippen molar-refractivity contribution in [3.63, 3.8) is 0 Å². The highest BCUT2D eigenvalue weighted by atomic mass is 16.6. The summed E-state index contributed by atoms with van der Waals surface area (Å²) in [5, 5.41) is 4.86. The lowest BCUT2D eigenvalue weighted by Gasteiger charge is -2.21. The van der Waals surface area contributed by atoms with Gasteiger partial charge in [0.25, 0.3) is 5.91 Å². The second kappa shape index (κ2) is 9.97. The van der Waals surface area contributed by atoms with Crippen LogP contribution >= 0.6 is 0 Å². The van der Waals surface area contributed by atoms with Crippen LogP contribution in [0.2, 0.25) is 0 Å². The predicted molar refractivity (Wildman–Crippen MR) is 85.6 cm³/mol. The molecule has 7 heteroatoms. The minimum atomic E-state index is -0.833. The van der Waals surface area contributed by atoms with Crippen LogP contribution in [0.5, 0.6) is 0 Å². The number of carbonyl (C=O) groups is 4. The van der Waals surface area contributed by atoms with Crippen molar-refractivity contribution < 1.29 is 23.9 Å². The molecule has 2 amide bonds. The first-order chi connectivity index (χ1) is 10.6. The van der Waals surface area contributed by atoms with Gasteiger partial charge >= 0.3 is 5.97 Å². The number of ketones is 1. The van der Waals surface area contributed by atoms with Gasteiger partial charge in [0, 0.05) is 6.42 Å². The summed E-state index contributed by atoms with van der Waals surface area (Å²) in [6, 6.07) is -0.833. The van der Waals surface area contributed by atoms with E-state index in [0.29, 0.717) is 12.8 Å². The highest BCUT2D eigenvalue weighted by Gasteiger charge is 2.24. The molecule has 0 bridgehead atoms. The van der Waals surface area contributed by atoms with Gasteiger partial charge in [-0.3, -0.25) is 19.2 Å². The Morgan fingerprint density at radius 3 is 2.17 bits per heavy atom. The SMILES string of the molecule is CCCC[C@H](NC(=O)C(=O)CC)C(=O)NCC(=O)OC(C)(C)C. The van der Waals surface area contributed by atoms with Gasteiger partial charge in [0.1, 0.15) is 18.2 Å². The van der Waals surface area contributed by atoms with Crippen LogP contribution in [0.4, 0.5) is 0 Å². The molecular weight excluding hydrogens is 300 g/mol. The van der Waals surface area contributed by atoms with Crippen molar-refractivity contribution in [3.8, 4) is 0 Å². The highest BCUT2D eigenvalue weighted by Crippen LogP contribution is 2.06. The standard InChI is InChI=1S/C16H28N2O5/c1-6-8-9-11(18-15(22)12(19)7-2)14(21)17-10-13(20)23-16(3,4)5/h11H,6-10H2,1-5H3,(H,17,21)(H,18,22)/t11-/m0/s1. The van der Waals surface area contributed by atoms with E-state index in [4.69, 9.17) is 4.74 Å². The normalized spacial score (nSPS) is 12.2. The van der Waals surface area contributed by atoms with Gasteiger partial charge in [0.05, 0.1) is 0 Å². The molecule has 1 atom stereocenters. The molecule has 0 unspecified atom stereocenters. The predicted octanol–water partition coefficient (Wildman–Crippen LogP) is 1.10. The molecule has 0 saturated carbocycles. The van der Waals surface area contributed by atoms with Gasteiger partial charge in [0.2, 0.25) is 11.7 Å². The average Bonchev–Trinajstić information content (AvgIpc) is 2.46. The lowest BCUT2D eigenvalue weighted by atomic mass is 10.1. The Balaban J connectivity index is 4.59. The van der Waals surface area contributed by atoms with Crippen molar-refractivity contribution in [2.45, 2.75) is 71.9 Å². The maximum atomic E-state index is 12.1. The molecule has 0 aromatic carbocycles. The minimum Gasteiger partial charge on any atom is -0.459 e. The van der Waals surface area contributed by atoms with E-state index in [1.165, 1.54) is 0 Å². The van der Waals surface area contributed by atoms with Crippen molar-refractivity contribution in [1.29, 1.82) is 0 Å². The van der Waals surface area contributed by atoms with Crippen LogP contribution in [0.25, 0.3) is 0 Å². The zero-order valence-corrected chi connectivity index (χ0v) is 14.7. The average molecular weight is 328 g/mol. The molecule has 0 aromatic heterocycles. The van der Waals surface area contributed by atoms with E-state index in [0.717, 1.165) is 6.42 Å². The summed E-state index contributed by atoms with van der Waals surface area (Å²) in [5.41, 5.74) is -0.634. The van der Waals surface area contributed by atoms with Crippen molar-refractivity contribution >= 4 is 23.6 Å². The summed E-state index contributed by atoms with van der Waals surface area (Å²) >= 11 is 0. The van der Waals surface area contributed by atoms with Crippen LogP contribution in [0.3, 0.4) is 0 Å². The molecular formula is C16H28N2O5. The Labute approximate surface area is 137 Å². The second-order valence-corrected chi connectivity index (χ2v) is 6.25. The molecule has 0 aliphatic rings. The first-order valence-corrected chi connectivity index (χ1v) is 7.94. The molecule has 0 spiro atoms. The molecule has 0 aliphatic heterocycles. The molecule has 0 aromatic rings. The fraction of sp³-hybridized carbons (Fsp3) is 0.750. The number of amides is 2. The van der Waals surface area contributed by atoms with E-state index >= 15 is 0 Å². The number of unbranched alkanes of at least 4 members (excludes halogenated alkanes) is 1. The molecule has 23 heavy (non-hydrogen) atoms. The molecule has 0 radical (unpaired) electrons. The minimum absolute atomic E-state index is 0.0753. The zero-order valence-electron chi connectivity index (χ0n) is 14.7. The third kappa shape index (κ3) is 9.65. The smallest absolute Gasteiger partial charge is 0.325 e. The van der Waals surface area contributed by atoms with Crippen molar-refractivity contribution in [1.82, 2.24) is 10.6 Å². The molecule has 0 heterocycles. The topological polar surface area (TPSA) is 102 Å². The van der Waals surface area contributed by atoms with Crippen LogP contribution in [0.15, 0.2) is 0 Å². The van der Waals surface area contributed by atoms with Crippen LogP contribution < -0.4 is 10.6 Å². The van der Waals surface area contributed by atoms with E-state index in [1.54, 1.807) is 27.7 Å². The zero-order chi connectivity index (χ0) is 18.0. The summed E-state index contributed by atoms with van der Waals surface area (Å²) in [6.07, 6.45) is 2.03. The van der Waals surface area contributed by atoms with E-state index in [-0.39, 0.29) is 13.0 Å². The van der Waals surface area contributed by atoms with Crippen LogP contribution in [0.1, 0.15) is 60.3 Å². The molecule has 0 aliphatic carbocycles. The quantitative estimate of drug-likeness (QED) is 0.487. The van der Waals surface area contributed by atoms with Crippen molar-refractivity contribution in [2.24, 2.45) is 0 Å². The Kier molecular flexibility index (Phi) is 9.14. The lowest BCUT2D eigenvalue weighted by molar-refractivity contribution is -0.154. The summed E-state index contributed by atoms with van der Waals surface area (Å²) in [5.74, 6) is -2.41. The maximum absolute atomic E-state index is 12.1. The number of nitrogens with one attached hydrogen (secondary N) is 2. The van der Waals surface area contributed by atoms with Gasteiger partial charge < -0.3 is 15.4 Å². The Bertz CT molecular complexity index is 440. The number of hydrogen-bond donors (Lipinski definition) is 2. The summed E-state index contributed by atoms with van der Waals surface area (Å²) in [6.45, 7) is 8.44. The Morgan fingerprint density at radius 1 is 1.09 bits per heavy atom. The lowest BCUT2D eigenvalue weighted by Crippen LogP contribution is -2.49. The number of rotatable bonds is 9. The Morgan fingerprint density at radius 2 is 1.70 bits per heavy atom. The van der Waals surface area contributed by atoms with Crippen LogP contribution in [-0.2, 0) is 23.9 Å². The maximum Gasteiger partial charge on any atom is 0.325 e. The van der Waals surface area contributed by atoms with Gasteiger partial charge in [-0.2, -0.15) is 0 Å². The molecule has 7 nitrogen and oxygen atoms in total. The fourth-order valence-electron chi connectivity index (χ4n) is 1.74. The van der Waals surface area contributed by atoms with E-state index in [9.17, 15) is 19.2 Å². The number of hydrogen-bond acceptors (Lipinski definition) is 5. The molecule has 0 fully saturated rings. The van der Waals surface area contributed by atoms with Gasteiger partial charge in [-0.1, -0.05) is 26.7 Å². The highest BCUT2D eigenvalue weighted by molar-refractivity contribution is 6.36. The second-order valence-electron chi connectivity index (χ2n) is 6.25. The molecule has 0 rings (SSSR count). The van der Waals surface area contributed by atoms with E-state index < -0.39 is 35.2 Å². The molecule has 2 N–H and O–H groups in total. The van der Waals surface area contributed by atoms with Gasteiger partial charge in [-0.25, -0.2) is 0 Å². The molecule has 132 valence electrons. The van der Waals surface area contributed by atoms with E-state index in [1.807, 2.05) is 6.92 Å². The monoisotopic (exact) mass is 328 g/mol. The number of Topliss-reactive ketones (excluding diaryl/α,β-unsaturated/α-hetero) is 1. The first-order valence-electron chi connectivity index (χ1n) is 7.94. The van der Waals surface area contributed by atoms with Gasteiger partial charge in [0.15, 0.2) is 0 Å². The number of ether oxygens (including phenoxy) is 1. The molecule has 0 saturated heterocycles. The summed E-state index contributed by atoms with van der Waals surface area (Å²) < 4.78 is 5.09. The number of carbonyl (C=O) groups excluding carboxylic acids is 4. The third-order valence-corrected chi connectivity index (χ3v) is 2.87. The van der Waals surface area contributed by atoms with Crippen molar-refractivity contribution in [2.75, 3.05) is 6.54 Å². The largest absolute Gasteiger partial charge is 0.459 e. The van der Waals surface area contributed by atoms with E-state index in [2.05, 4.69) is 10.6 Å². The van der Waals surface area contributed by atoms with Crippen LogP contribution in [0, 0.1) is 0 Å². The van der Waals surface area contributed by atoms with Crippen LogP contribution in [-0.4, -0.2) is 41.8 Å². The van der Waals surface area contributed by atoms with Gasteiger partial charge in [-0.05, 0) is 27.2 Å². The Hall–Kier alpha value is -1.92. The summed E-state index contributed by atoms with van der Waals surface area (Å²) in [7, 11) is 0.